The molecule has 0 aromatic rings. The van der Waals surface area contributed by atoms with Gasteiger partial charge in [0.1, 0.15) is 0 Å². The molecule has 0 N–H and O–H groups in total. The van der Waals surface area contributed by atoms with Crippen molar-refractivity contribution >= 4 is 12.0 Å². The van der Waals surface area contributed by atoms with Gasteiger partial charge in [0.25, 0.3) is 0 Å². The molecular weight excluding hydrogens is 80.0 g/mol. The molecule has 0 fully saturated rings. The molecule has 6 heavy (non-hydrogen) atoms. The van der Waals surface area contributed by atoms with E-state index in [-0.39, 0.29) is 5.78 Å². The van der Waals surface area contributed by atoms with Crippen molar-refractivity contribution in [1.82, 2.24) is 0 Å². The highest BCUT2D eigenvalue weighted by Crippen LogP contribution is 1.49. The van der Waals surface area contributed by atoms with E-state index in [9.17, 15) is 4.79 Å². The molecule has 0 unspecified atom stereocenters. The normalized spacial score (nSPS) is 6.17. The maximum absolute atomic E-state index is 9.73. The predicted molar refractivity (Wildman–Crippen MR) is 20.4 cm³/mol. The van der Waals surface area contributed by atoms with E-state index in [0.717, 1.165) is 6.21 Å². The molecule has 0 atom stereocenters. The van der Waals surface area contributed by atoms with Crippen LogP contribution < -0.4 is 0 Å². The second-order valence-electron chi connectivity index (χ2n) is 0.855. The first-order valence-corrected chi connectivity index (χ1v) is 1.45. The topological polar surface area (TPSA) is 53.5 Å². The molecule has 3 heteroatoms. The summed E-state index contributed by atoms with van der Waals surface area (Å²) in [7, 11) is 0. The van der Waals surface area contributed by atoms with Crippen molar-refractivity contribution in [1.29, 1.82) is 0 Å². The van der Waals surface area contributed by atoms with Gasteiger partial charge in [-0.25, -0.2) is 0 Å². The van der Waals surface area contributed by atoms with E-state index >= 15 is 0 Å². The minimum atomic E-state index is -0.252. The Morgan fingerprint density at radius 2 is 2.50 bits per heavy atom. The van der Waals surface area contributed by atoms with Crippen LogP contribution in [0.5, 0.6) is 0 Å². The molecular formula is C3H4N2O. The molecule has 0 aliphatic carbocycles. The highest BCUT2D eigenvalue weighted by atomic mass is 16.1. The lowest BCUT2D eigenvalue weighted by Crippen LogP contribution is -1.88. The van der Waals surface area contributed by atoms with Crippen molar-refractivity contribution < 1.29 is 9.58 Å². The van der Waals surface area contributed by atoms with Gasteiger partial charge in [-0.2, -0.15) is 4.79 Å². The van der Waals surface area contributed by atoms with E-state index in [1.165, 1.54) is 6.92 Å². The van der Waals surface area contributed by atoms with Crippen molar-refractivity contribution in [3.63, 3.8) is 0 Å². The molecule has 0 rings (SSSR count). The van der Waals surface area contributed by atoms with Crippen molar-refractivity contribution in [3.05, 3.63) is 5.53 Å². The Morgan fingerprint density at radius 1 is 2.00 bits per heavy atom. The molecule has 3 nitrogen and oxygen atoms in total. The summed E-state index contributed by atoms with van der Waals surface area (Å²) in [5, 5.41) is 0. The molecule has 0 aromatic carbocycles. The highest BCUT2D eigenvalue weighted by molar-refractivity contribution is 6.23. The minimum absolute atomic E-state index is 0.252. The number of Topliss-reactive ketones (excluding diaryl/α,β-unsaturated/α-hetero) is 1. The van der Waals surface area contributed by atoms with Gasteiger partial charge >= 0.3 is 6.21 Å². The standard InChI is InChI=1S/C3H4N2O/c1-3(6)2-5-4/h2H,1H3. The van der Waals surface area contributed by atoms with Gasteiger partial charge in [0.15, 0.2) is 0 Å². The number of hydrogen-bond donors (Lipinski definition) is 0. The molecule has 0 aliphatic rings. The van der Waals surface area contributed by atoms with E-state index in [4.69, 9.17) is 5.53 Å². The molecule has 0 saturated heterocycles. The zero-order valence-corrected chi connectivity index (χ0v) is 3.38. The van der Waals surface area contributed by atoms with Crippen LogP contribution in [0.4, 0.5) is 0 Å². The summed E-state index contributed by atoms with van der Waals surface area (Å²) in [5.74, 6) is -0.252. The Labute approximate surface area is 35.2 Å². The number of ketones is 1. The molecule has 0 radical (unpaired) electrons. The average Bonchev–Trinajstić information content (AvgIpc) is 1.35. The molecule has 0 aliphatic heterocycles. The maximum atomic E-state index is 9.73. The van der Waals surface area contributed by atoms with Gasteiger partial charge < -0.3 is 5.53 Å². The monoisotopic (exact) mass is 84.0 g/mol. The SMILES string of the molecule is CC(=O)C=[N+]=[N-]. The third-order valence-electron chi connectivity index (χ3n) is 0.240. The largest absolute Gasteiger partial charge is 0.361 e. The first-order valence-electron chi connectivity index (χ1n) is 1.45. The van der Waals surface area contributed by atoms with E-state index in [0.29, 0.717) is 0 Å². The van der Waals surface area contributed by atoms with Gasteiger partial charge in [0.2, 0.25) is 5.78 Å². The van der Waals surface area contributed by atoms with Crippen LogP contribution in [0.25, 0.3) is 5.53 Å². The number of rotatable bonds is 1. The third-order valence-corrected chi connectivity index (χ3v) is 0.240. The van der Waals surface area contributed by atoms with Crippen LogP contribution in [0.1, 0.15) is 6.92 Å². The fourth-order valence-corrected chi connectivity index (χ4v) is 0.0813. The molecule has 32 valence electrons. The number of hydrogen-bond acceptors (Lipinski definition) is 1. The number of carbonyl (C=O) groups excluding carboxylic acids is 1. The van der Waals surface area contributed by atoms with Gasteiger partial charge in [-0.15, -0.1) is 0 Å². The number of carbonyl (C=O) groups is 1. The Kier molecular flexibility index (Phi) is 1.93. The summed E-state index contributed by atoms with van der Waals surface area (Å²) < 4.78 is 0. The van der Waals surface area contributed by atoms with Crippen LogP contribution in [0.15, 0.2) is 0 Å². The summed E-state index contributed by atoms with van der Waals surface area (Å²) in [5.41, 5.74) is 7.59. The van der Waals surface area contributed by atoms with Gasteiger partial charge in [-0.05, 0) is 0 Å². The molecule has 0 bridgehead atoms. The fraction of sp³-hybridized carbons (Fsp3) is 0.333. The van der Waals surface area contributed by atoms with Crippen molar-refractivity contribution in [2.75, 3.05) is 0 Å². The first-order chi connectivity index (χ1) is 2.77. The van der Waals surface area contributed by atoms with Crippen molar-refractivity contribution in [3.8, 4) is 0 Å². The van der Waals surface area contributed by atoms with E-state index in [1.54, 1.807) is 0 Å². The van der Waals surface area contributed by atoms with Gasteiger partial charge in [0.05, 0.1) is 0 Å². The molecule has 0 spiro atoms. The Bertz CT molecular complexity index is 101. The van der Waals surface area contributed by atoms with Gasteiger partial charge in [-0.3, -0.25) is 4.79 Å². The Hall–Kier alpha value is -0.950. The second kappa shape index (κ2) is 2.30. The lowest BCUT2D eigenvalue weighted by atomic mass is 10.5. The summed E-state index contributed by atoms with van der Waals surface area (Å²) in [4.78, 5) is 12.2. The summed E-state index contributed by atoms with van der Waals surface area (Å²) in [6.45, 7) is 1.31. The van der Waals surface area contributed by atoms with Crippen LogP contribution in [-0.4, -0.2) is 16.8 Å². The van der Waals surface area contributed by atoms with E-state index < -0.39 is 0 Å². The minimum Gasteiger partial charge on any atom is -0.361 e. The van der Waals surface area contributed by atoms with E-state index in [2.05, 4.69) is 4.79 Å². The van der Waals surface area contributed by atoms with Crippen molar-refractivity contribution in [2.45, 2.75) is 6.92 Å². The number of nitrogens with zero attached hydrogens (tertiary/aromatic N) is 2. The zero-order chi connectivity index (χ0) is 4.99. The average molecular weight is 84.1 g/mol. The summed E-state index contributed by atoms with van der Waals surface area (Å²) in [6.07, 6.45) is 0.833. The third kappa shape index (κ3) is 3.05. The van der Waals surface area contributed by atoms with Gasteiger partial charge in [0, 0.05) is 6.92 Å². The molecule has 0 heterocycles. The Morgan fingerprint density at radius 3 is 2.50 bits per heavy atom. The van der Waals surface area contributed by atoms with Crippen LogP contribution >= 0.6 is 0 Å². The lowest BCUT2D eigenvalue weighted by Gasteiger charge is -1.55. The van der Waals surface area contributed by atoms with Crippen LogP contribution in [0.3, 0.4) is 0 Å². The van der Waals surface area contributed by atoms with Crippen LogP contribution in [-0.2, 0) is 4.79 Å². The smallest absolute Gasteiger partial charge is 0.322 e. The highest BCUT2D eigenvalue weighted by Gasteiger charge is 1.83. The fourth-order valence-electron chi connectivity index (χ4n) is 0.0813. The maximum Gasteiger partial charge on any atom is 0.322 e. The first kappa shape index (κ1) is 5.05. The van der Waals surface area contributed by atoms with Gasteiger partial charge in [-0.1, -0.05) is 0 Å². The molecule has 0 amide bonds. The molecule has 0 saturated carbocycles. The summed E-state index contributed by atoms with van der Waals surface area (Å²) in [6, 6.07) is 0. The van der Waals surface area contributed by atoms with Crippen molar-refractivity contribution in [2.24, 2.45) is 0 Å². The van der Waals surface area contributed by atoms with Crippen LogP contribution in [0, 0.1) is 0 Å². The second-order valence-corrected chi connectivity index (χ2v) is 0.855. The van der Waals surface area contributed by atoms with E-state index in [1.807, 2.05) is 0 Å². The predicted octanol–water partition coefficient (Wildman–Crippen LogP) is -0.124. The molecule has 0 aromatic heterocycles. The Balaban J connectivity index is 3.60. The quantitative estimate of drug-likeness (QED) is 0.248. The lowest BCUT2D eigenvalue weighted by molar-refractivity contribution is -0.114. The summed E-state index contributed by atoms with van der Waals surface area (Å²) >= 11 is 0. The zero-order valence-electron chi connectivity index (χ0n) is 3.38. The van der Waals surface area contributed by atoms with Crippen LogP contribution in [0.2, 0.25) is 0 Å².